The summed E-state index contributed by atoms with van der Waals surface area (Å²) in [5, 5.41) is 5.57. The second kappa shape index (κ2) is 5.45. The molecule has 4 heteroatoms. The molecule has 2 rings (SSSR count). The minimum atomic E-state index is 0.201. The Morgan fingerprint density at radius 2 is 2.24 bits per heavy atom. The largest absolute Gasteiger partial charge is 0.268 e. The van der Waals surface area contributed by atoms with Crippen molar-refractivity contribution < 1.29 is 0 Å². The zero-order chi connectivity index (χ0) is 12.4. The van der Waals surface area contributed by atoms with Gasteiger partial charge in [-0.3, -0.25) is 4.68 Å². The molecule has 0 aliphatic heterocycles. The Morgan fingerprint density at radius 1 is 1.47 bits per heavy atom. The number of nitrogens with zero attached hydrogens (tertiary/aromatic N) is 2. The van der Waals surface area contributed by atoms with Crippen LogP contribution in [0, 0.1) is 0 Å². The minimum Gasteiger partial charge on any atom is -0.268 e. The summed E-state index contributed by atoms with van der Waals surface area (Å²) in [6, 6.07) is 0. The van der Waals surface area contributed by atoms with Gasteiger partial charge in [0, 0.05) is 13.0 Å². The molecular weight excluding hydrogens is 255 g/mol. The number of rotatable bonds is 4. The molecule has 0 fully saturated rings. The second-order valence-electron chi connectivity index (χ2n) is 4.43. The summed E-state index contributed by atoms with van der Waals surface area (Å²) in [4.78, 5) is 0. The van der Waals surface area contributed by atoms with Gasteiger partial charge in [0.05, 0.1) is 21.8 Å². The molecule has 0 saturated carbocycles. The van der Waals surface area contributed by atoms with Crippen LogP contribution in [0.2, 0.25) is 5.02 Å². The summed E-state index contributed by atoms with van der Waals surface area (Å²) >= 11 is 12.5. The Kier molecular flexibility index (Phi) is 4.16. The van der Waals surface area contributed by atoms with Gasteiger partial charge in [-0.15, -0.1) is 11.6 Å². The molecule has 0 bridgehead atoms. The van der Waals surface area contributed by atoms with Gasteiger partial charge in [0.15, 0.2) is 0 Å². The molecule has 0 N–H and O–H groups in total. The number of aromatic nitrogens is 2. The van der Waals surface area contributed by atoms with Crippen LogP contribution in [-0.2, 0) is 19.4 Å². The third kappa shape index (κ3) is 2.69. The van der Waals surface area contributed by atoms with Crippen molar-refractivity contribution >= 4 is 23.2 Å². The predicted octanol–water partition coefficient (Wildman–Crippen LogP) is 3.99. The molecule has 0 spiro atoms. The van der Waals surface area contributed by atoms with Gasteiger partial charge in [0.1, 0.15) is 0 Å². The predicted molar refractivity (Wildman–Crippen MR) is 73.0 cm³/mol. The lowest BCUT2D eigenvalue weighted by Gasteiger charge is -2.05. The zero-order valence-electron chi connectivity index (χ0n) is 10.3. The van der Waals surface area contributed by atoms with Gasteiger partial charge in [0.25, 0.3) is 0 Å². The second-order valence-corrected chi connectivity index (χ2v) is 5.37. The highest BCUT2D eigenvalue weighted by atomic mass is 35.5. The quantitative estimate of drug-likeness (QED) is 0.599. The number of halogens is 2. The summed E-state index contributed by atoms with van der Waals surface area (Å²) in [5.74, 6) is 0. The standard InChI is InChI=1S/C13H18Cl2N2/c1-3-11-13(15)12(17(4-2)16-11)8-9-5-6-10(14)7-9/h7,10H,3-6,8H2,1-2H3. The lowest BCUT2D eigenvalue weighted by Crippen LogP contribution is -2.04. The van der Waals surface area contributed by atoms with Gasteiger partial charge in [-0.2, -0.15) is 5.10 Å². The highest BCUT2D eigenvalue weighted by Crippen LogP contribution is 2.29. The van der Waals surface area contributed by atoms with E-state index in [1.54, 1.807) is 0 Å². The molecule has 1 aliphatic carbocycles. The fraction of sp³-hybridized carbons (Fsp3) is 0.615. The van der Waals surface area contributed by atoms with Crippen molar-refractivity contribution in [2.75, 3.05) is 0 Å². The van der Waals surface area contributed by atoms with Crippen molar-refractivity contribution in [3.8, 4) is 0 Å². The van der Waals surface area contributed by atoms with Crippen LogP contribution in [0.5, 0.6) is 0 Å². The lowest BCUT2D eigenvalue weighted by atomic mass is 10.1. The monoisotopic (exact) mass is 272 g/mol. The Balaban J connectivity index is 2.25. The summed E-state index contributed by atoms with van der Waals surface area (Å²) < 4.78 is 2.02. The zero-order valence-corrected chi connectivity index (χ0v) is 11.9. The number of hydrogen-bond donors (Lipinski definition) is 0. The van der Waals surface area contributed by atoms with Gasteiger partial charge >= 0.3 is 0 Å². The van der Waals surface area contributed by atoms with E-state index in [0.29, 0.717) is 0 Å². The molecule has 1 heterocycles. The van der Waals surface area contributed by atoms with Gasteiger partial charge in [0.2, 0.25) is 0 Å². The van der Waals surface area contributed by atoms with Gasteiger partial charge in [-0.25, -0.2) is 0 Å². The van der Waals surface area contributed by atoms with Crippen LogP contribution in [0.25, 0.3) is 0 Å². The fourth-order valence-corrected chi connectivity index (χ4v) is 2.92. The van der Waals surface area contributed by atoms with Crippen LogP contribution in [0.15, 0.2) is 11.6 Å². The van der Waals surface area contributed by atoms with E-state index in [1.807, 2.05) is 4.68 Å². The highest BCUT2D eigenvalue weighted by Gasteiger charge is 2.19. The molecular formula is C13H18Cl2N2. The number of allylic oxidation sites excluding steroid dienone is 2. The molecule has 17 heavy (non-hydrogen) atoms. The lowest BCUT2D eigenvalue weighted by molar-refractivity contribution is 0.618. The molecule has 94 valence electrons. The maximum atomic E-state index is 6.38. The van der Waals surface area contributed by atoms with Crippen LogP contribution >= 0.6 is 23.2 Å². The Bertz CT molecular complexity index is 435. The molecule has 1 aliphatic rings. The van der Waals surface area contributed by atoms with E-state index in [4.69, 9.17) is 23.2 Å². The Hall–Kier alpha value is -0.470. The van der Waals surface area contributed by atoms with Crippen molar-refractivity contribution in [1.82, 2.24) is 9.78 Å². The average Bonchev–Trinajstić information content (AvgIpc) is 2.85. The van der Waals surface area contributed by atoms with Crippen molar-refractivity contribution in [2.45, 2.75) is 51.5 Å². The number of aryl methyl sites for hydroxylation is 2. The number of hydrogen-bond acceptors (Lipinski definition) is 1. The SMILES string of the molecule is CCc1nn(CC)c(CC2=CC(Cl)CC2)c1Cl. The summed E-state index contributed by atoms with van der Waals surface area (Å²) in [6.07, 6.45) is 6.08. The third-order valence-electron chi connectivity index (χ3n) is 3.25. The van der Waals surface area contributed by atoms with Gasteiger partial charge in [-0.05, 0) is 26.2 Å². The molecule has 0 saturated heterocycles. The minimum absolute atomic E-state index is 0.201. The van der Waals surface area contributed by atoms with E-state index in [-0.39, 0.29) is 5.38 Å². The van der Waals surface area contributed by atoms with Gasteiger partial charge in [-0.1, -0.05) is 30.2 Å². The first-order chi connectivity index (χ1) is 8.15. The van der Waals surface area contributed by atoms with Crippen LogP contribution in [0.3, 0.4) is 0 Å². The van der Waals surface area contributed by atoms with E-state index in [9.17, 15) is 0 Å². The molecule has 0 radical (unpaired) electrons. The van der Waals surface area contributed by atoms with Crippen LogP contribution in [0.1, 0.15) is 38.1 Å². The van der Waals surface area contributed by atoms with Crippen molar-refractivity contribution in [2.24, 2.45) is 0 Å². The molecule has 1 atom stereocenters. The first-order valence-corrected chi connectivity index (χ1v) is 7.04. The summed E-state index contributed by atoms with van der Waals surface area (Å²) in [7, 11) is 0. The maximum absolute atomic E-state index is 6.38. The highest BCUT2D eigenvalue weighted by molar-refractivity contribution is 6.32. The maximum Gasteiger partial charge on any atom is 0.0853 e. The molecule has 2 nitrogen and oxygen atoms in total. The summed E-state index contributed by atoms with van der Waals surface area (Å²) in [5.41, 5.74) is 3.54. The van der Waals surface area contributed by atoms with E-state index in [0.717, 1.165) is 48.6 Å². The molecule has 1 aromatic rings. The van der Waals surface area contributed by atoms with Crippen LogP contribution < -0.4 is 0 Å². The van der Waals surface area contributed by atoms with E-state index in [1.165, 1.54) is 5.57 Å². The molecule has 1 unspecified atom stereocenters. The van der Waals surface area contributed by atoms with Crippen molar-refractivity contribution in [1.29, 1.82) is 0 Å². The molecule has 0 amide bonds. The van der Waals surface area contributed by atoms with Crippen LogP contribution in [-0.4, -0.2) is 15.2 Å². The third-order valence-corrected chi connectivity index (χ3v) is 4.03. The first-order valence-electron chi connectivity index (χ1n) is 6.23. The van der Waals surface area contributed by atoms with E-state index < -0.39 is 0 Å². The van der Waals surface area contributed by atoms with E-state index in [2.05, 4.69) is 25.0 Å². The Morgan fingerprint density at radius 3 is 2.76 bits per heavy atom. The van der Waals surface area contributed by atoms with Gasteiger partial charge < -0.3 is 0 Å². The van der Waals surface area contributed by atoms with Crippen molar-refractivity contribution in [3.63, 3.8) is 0 Å². The summed E-state index contributed by atoms with van der Waals surface area (Å²) in [6.45, 7) is 5.05. The van der Waals surface area contributed by atoms with E-state index >= 15 is 0 Å². The molecule has 0 aromatic carbocycles. The first kappa shape index (κ1) is 13.0. The smallest absolute Gasteiger partial charge is 0.0853 e. The number of alkyl halides is 1. The Labute approximate surface area is 113 Å². The fourth-order valence-electron chi connectivity index (χ4n) is 2.29. The van der Waals surface area contributed by atoms with Crippen LogP contribution in [0.4, 0.5) is 0 Å². The molecule has 1 aromatic heterocycles. The normalized spacial score (nSPS) is 19.8. The average molecular weight is 273 g/mol. The topological polar surface area (TPSA) is 17.8 Å². The van der Waals surface area contributed by atoms with Crippen molar-refractivity contribution in [3.05, 3.63) is 28.1 Å².